The predicted molar refractivity (Wildman–Crippen MR) is 74.2 cm³/mol. The SMILES string of the molecule is CCCCOc1cc(OCCCC)cc(C(=O)O)c1. The van der Waals surface area contributed by atoms with Gasteiger partial charge in [-0.25, -0.2) is 4.79 Å². The van der Waals surface area contributed by atoms with Crippen LogP contribution in [0, 0.1) is 0 Å². The fourth-order valence-corrected chi connectivity index (χ4v) is 1.53. The van der Waals surface area contributed by atoms with Gasteiger partial charge in [0.1, 0.15) is 11.5 Å². The molecule has 0 heterocycles. The van der Waals surface area contributed by atoms with Crippen LogP contribution >= 0.6 is 0 Å². The van der Waals surface area contributed by atoms with Crippen LogP contribution in [-0.4, -0.2) is 24.3 Å². The third-order valence-electron chi connectivity index (χ3n) is 2.66. The maximum atomic E-state index is 11.1. The van der Waals surface area contributed by atoms with E-state index in [2.05, 4.69) is 13.8 Å². The average molecular weight is 266 g/mol. The third-order valence-corrected chi connectivity index (χ3v) is 2.66. The van der Waals surface area contributed by atoms with Crippen LogP contribution in [0.15, 0.2) is 18.2 Å². The van der Waals surface area contributed by atoms with Crippen LogP contribution in [0.1, 0.15) is 49.9 Å². The molecule has 0 amide bonds. The van der Waals surface area contributed by atoms with Crippen molar-refractivity contribution in [1.29, 1.82) is 0 Å². The number of ether oxygens (including phenoxy) is 2. The zero-order chi connectivity index (χ0) is 14.1. The lowest BCUT2D eigenvalue weighted by Gasteiger charge is -2.10. The minimum atomic E-state index is -0.971. The highest BCUT2D eigenvalue weighted by Gasteiger charge is 2.08. The van der Waals surface area contributed by atoms with Crippen molar-refractivity contribution in [2.75, 3.05) is 13.2 Å². The number of hydrogen-bond acceptors (Lipinski definition) is 3. The van der Waals surface area contributed by atoms with Crippen molar-refractivity contribution < 1.29 is 19.4 Å². The van der Waals surface area contributed by atoms with Crippen molar-refractivity contribution in [2.24, 2.45) is 0 Å². The van der Waals surface area contributed by atoms with E-state index in [9.17, 15) is 4.79 Å². The van der Waals surface area contributed by atoms with Gasteiger partial charge in [0.15, 0.2) is 0 Å². The number of carboxylic acids is 1. The van der Waals surface area contributed by atoms with Crippen molar-refractivity contribution in [3.05, 3.63) is 23.8 Å². The van der Waals surface area contributed by atoms with Gasteiger partial charge in [-0.15, -0.1) is 0 Å². The number of benzene rings is 1. The molecule has 0 spiro atoms. The molecular formula is C15H22O4. The van der Waals surface area contributed by atoms with Gasteiger partial charge in [-0.05, 0) is 25.0 Å². The summed E-state index contributed by atoms with van der Waals surface area (Å²) in [7, 11) is 0. The second-order valence-electron chi connectivity index (χ2n) is 4.40. The molecule has 1 rings (SSSR count). The first-order chi connectivity index (χ1) is 9.17. The van der Waals surface area contributed by atoms with Crippen LogP contribution in [0.5, 0.6) is 11.5 Å². The molecule has 0 saturated heterocycles. The molecule has 0 atom stereocenters. The normalized spacial score (nSPS) is 10.2. The van der Waals surface area contributed by atoms with Gasteiger partial charge < -0.3 is 14.6 Å². The van der Waals surface area contributed by atoms with Crippen molar-refractivity contribution in [3.8, 4) is 11.5 Å². The Bertz CT molecular complexity index is 373. The van der Waals surface area contributed by atoms with E-state index in [0.29, 0.717) is 24.7 Å². The van der Waals surface area contributed by atoms with Crippen molar-refractivity contribution >= 4 is 5.97 Å². The molecule has 0 saturated carbocycles. The lowest BCUT2D eigenvalue weighted by molar-refractivity contribution is 0.0695. The molecule has 0 aliphatic carbocycles. The summed E-state index contributed by atoms with van der Waals surface area (Å²) in [6, 6.07) is 4.81. The number of aromatic carboxylic acids is 1. The highest BCUT2D eigenvalue weighted by molar-refractivity contribution is 5.88. The molecule has 4 heteroatoms. The first kappa shape index (κ1) is 15.3. The topological polar surface area (TPSA) is 55.8 Å². The maximum Gasteiger partial charge on any atom is 0.335 e. The Balaban J connectivity index is 2.75. The number of hydrogen-bond donors (Lipinski definition) is 1. The molecule has 0 unspecified atom stereocenters. The fraction of sp³-hybridized carbons (Fsp3) is 0.533. The van der Waals surface area contributed by atoms with Gasteiger partial charge in [-0.2, -0.15) is 0 Å². The summed E-state index contributed by atoms with van der Waals surface area (Å²) in [5, 5.41) is 9.07. The lowest BCUT2D eigenvalue weighted by atomic mass is 10.2. The minimum Gasteiger partial charge on any atom is -0.493 e. The molecule has 1 aromatic rings. The second kappa shape index (κ2) is 8.40. The summed E-state index contributed by atoms with van der Waals surface area (Å²) in [4.78, 5) is 11.1. The molecule has 0 bridgehead atoms. The van der Waals surface area contributed by atoms with Gasteiger partial charge in [-0.1, -0.05) is 26.7 Å². The van der Waals surface area contributed by atoms with E-state index < -0.39 is 5.97 Å². The molecule has 4 nitrogen and oxygen atoms in total. The second-order valence-corrected chi connectivity index (χ2v) is 4.40. The molecule has 1 aromatic carbocycles. The summed E-state index contributed by atoms with van der Waals surface area (Å²) in [5.74, 6) is 0.140. The Morgan fingerprint density at radius 2 is 1.47 bits per heavy atom. The number of carbonyl (C=O) groups is 1. The Morgan fingerprint density at radius 1 is 1.00 bits per heavy atom. The highest BCUT2D eigenvalue weighted by atomic mass is 16.5. The van der Waals surface area contributed by atoms with Crippen LogP contribution in [0.4, 0.5) is 0 Å². The molecule has 0 fully saturated rings. The third kappa shape index (κ3) is 5.64. The van der Waals surface area contributed by atoms with Crippen LogP contribution in [0.25, 0.3) is 0 Å². The first-order valence-electron chi connectivity index (χ1n) is 6.81. The molecule has 106 valence electrons. The largest absolute Gasteiger partial charge is 0.493 e. The Kier molecular flexibility index (Phi) is 6.79. The van der Waals surface area contributed by atoms with Gasteiger partial charge in [0.05, 0.1) is 18.8 Å². The fourth-order valence-electron chi connectivity index (χ4n) is 1.53. The summed E-state index contributed by atoms with van der Waals surface area (Å²) < 4.78 is 11.1. The summed E-state index contributed by atoms with van der Waals surface area (Å²) >= 11 is 0. The van der Waals surface area contributed by atoms with E-state index in [1.165, 1.54) is 12.1 Å². The molecular weight excluding hydrogens is 244 g/mol. The van der Waals surface area contributed by atoms with Crippen LogP contribution in [-0.2, 0) is 0 Å². The number of unbranched alkanes of at least 4 members (excludes halogenated alkanes) is 2. The van der Waals surface area contributed by atoms with E-state index in [4.69, 9.17) is 14.6 Å². The smallest absolute Gasteiger partial charge is 0.335 e. The van der Waals surface area contributed by atoms with E-state index in [0.717, 1.165) is 25.7 Å². The van der Waals surface area contributed by atoms with Gasteiger partial charge in [0.25, 0.3) is 0 Å². The molecule has 0 aliphatic heterocycles. The van der Waals surface area contributed by atoms with Gasteiger partial charge in [0, 0.05) is 6.07 Å². The zero-order valence-electron chi connectivity index (χ0n) is 11.6. The average Bonchev–Trinajstić information content (AvgIpc) is 2.39. The van der Waals surface area contributed by atoms with Gasteiger partial charge >= 0.3 is 5.97 Å². The van der Waals surface area contributed by atoms with Gasteiger partial charge in [0.2, 0.25) is 0 Å². The van der Waals surface area contributed by atoms with E-state index in [-0.39, 0.29) is 5.56 Å². The standard InChI is InChI=1S/C15H22O4/c1-3-5-7-18-13-9-12(15(16)17)10-14(11-13)19-8-6-4-2/h9-11H,3-8H2,1-2H3,(H,16,17). The highest BCUT2D eigenvalue weighted by Crippen LogP contribution is 2.23. The van der Waals surface area contributed by atoms with Gasteiger partial charge in [-0.3, -0.25) is 0 Å². The van der Waals surface area contributed by atoms with E-state index in [1.54, 1.807) is 6.07 Å². The summed E-state index contributed by atoms with van der Waals surface area (Å²) in [5.41, 5.74) is 0.195. The van der Waals surface area contributed by atoms with E-state index in [1.807, 2.05) is 0 Å². The first-order valence-corrected chi connectivity index (χ1v) is 6.81. The molecule has 0 aliphatic rings. The Hall–Kier alpha value is -1.71. The lowest BCUT2D eigenvalue weighted by Crippen LogP contribution is -2.03. The van der Waals surface area contributed by atoms with Crippen LogP contribution in [0.3, 0.4) is 0 Å². The molecule has 1 N–H and O–H groups in total. The van der Waals surface area contributed by atoms with Crippen LogP contribution in [0.2, 0.25) is 0 Å². The maximum absolute atomic E-state index is 11.1. The summed E-state index contributed by atoms with van der Waals surface area (Å²) in [6.07, 6.45) is 3.98. The van der Waals surface area contributed by atoms with E-state index >= 15 is 0 Å². The molecule has 19 heavy (non-hydrogen) atoms. The molecule has 0 aromatic heterocycles. The Labute approximate surface area is 114 Å². The quantitative estimate of drug-likeness (QED) is 0.692. The number of rotatable bonds is 9. The number of carboxylic acid groups (broad SMARTS) is 1. The summed E-state index contributed by atoms with van der Waals surface area (Å²) in [6.45, 7) is 5.34. The van der Waals surface area contributed by atoms with Crippen molar-refractivity contribution in [1.82, 2.24) is 0 Å². The molecule has 0 radical (unpaired) electrons. The predicted octanol–water partition coefficient (Wildman–Crippen LogP) is 3.74. The minimum absolute atomic E-state index is 0.195. The zero-order valence-corrected chi connectivity index (χ0v) is 11.6. The monoisotopic (exact) mass is 266 g/mol. The van der Waals surface area contributed by atoms with Crippen molar-refractivity contribution in [3.63, 3.8) is 0 Å². The van der Waals surface area contributed by atoms with Crippen LogP contribution < -0.4 is 9.47 Å². The van der Waals surface area contributed by atoms with Crippen molar-refractivity contribution in [2.45, 2.75) is 39.5 Å². The Morgan fingerprint density at radius 3 is 1.84 bits per heavy atom.